The Balaban J connectivity index is 1.67. The topological polar surface area (TPSA) is 60.0 Å². The van der Waals surface area contributed by atoms with E-state index in [0.29, 0.717) is 0 Å². The number of aryl methyl sites for hydroxylation is 2. The van der Waals surface area contributed by atoms with Crippen LogP contribution in [0, 0.1) is 13.8 Å². The summed E-state index contributed by atoms with van der Waals surface area (Å²) in [6.07, 6.45) is 3.72. The number of anilines is 1. The van der Waals surface area contributed by atoms with Crippen LogP contribution in [-0.2, 0) is 5.75 Å². The molecule has 1 aliphatic heterocycles. The largest absolute Gasteiger partial charge is 0.361 e. The van der Waals surface area contributed by atoms with Crippen molar-refractivity contribution in [3.63, 3.8) is 0 Å². The van der Waals surface area contributed by atoms with Crippen molar-refractivity contribution in [1.82, 2.24) is 19.9 Å². The zero-order valence-corrected chi connectivity index (χ0v) is 16.0. The van der Waals surface area contributed by atoms with E-state index >= 15 is 0 Å². The van der Waals surface area contributed by atoms with Crippen LogP contribution in [0.2, 0.25) is 0 Å². The number of rotatable bonds is 5. The van der Waals surface area contributed by atoms with E-state index in [0.717, 1.165) is 52.7 Å². The molecule has 0 saturated carbocycles. The zero-order valence-electron chi connectivity index (χ0n) is 15.2. The van der Waals surface area contributed by atoms with Crippen molar-refractivity contribution < 1.29 is 4.52 Å². The minimum atomic E-state index is 0.770. The first kappa shape index (κ1) is 17.1. The van der Waals surface area contributed by atoms with E-state index in [4.69, 9.17) is 4.52 Å². The molecular formula is C19H23N5OS. The van der Waals surface area contributed by atoms with E-state index in [1.54, 1.807) is 11.8 Å². The maximum absolute atomic E-state index is 5.28. The summed E-state index contributed by atoms with van der Waals surface area (Å²) in [7, 11) is 0. The van der Waals surface area contributed by atoms with Crippen molar-refractivity contribution in [1.29, 1.82) is 0 Å². The monoisotopic (exact) mass is 369 g/mol. The molecule has 0 aliphatic carbocycles. The second kappa shape index (κ2) is 7.53. The summed E-state index contributed by atoms with van der Waals surface area (Å²) in [5, 5.41) is 14.0. The molecule has 26 heavy (non-hydrogen) atoms. The molecule has 6 nitrogen and oxygen atoms in total. The molecule has 7 heteroatoms. The van der Waals surface area contributed by atoms with Crippen molar-refractivity contribution in [2.45, 2.75) is 44.0 Å². The maximum Gasteiger partial charge on any atom is 0.232 e. The molecule has 2 aromatic heterocycles. The van der Waals surface area contributed by atoms with Gasteiger partial charge >= 0.3 is 0 Å². The first-order valence-corrected chi connectivity index (χ1v) is 10.0. The first-order chi connectivity index (χ1) is 12.7. The number of hydrogen-bond donors (Lipinski definition) is 0. The molecular weight excluding hydrogens is 346 g/mol. The van der Waals surface area contributed by atoms with Gasteiger partial charge in [-0.3, -0.25) is 4.57 Å². The van der Waals surface area contributed by atoms with Crippen LogP contribution in [0.5, 0.6) is 0 Å². The van der Waals surface area contributed by atoms with Crippen molar-refractivity contribution in [2.24, 2.45) is 0 Å². The van der Waals surface area contributed by atoms with Gasteiger partial charge in [0.1, 0.15) is 5.76 Å². The summed E-state index contributed by atoms with van der Waals surface area (Å²) in [6, 6.07) is 10.4. The summed E-state index contributed by atoms with van der Waals surface area (Å²) < 4.78 is 7.46. The Morgan fingerprint density at radius 1 is 1.04 bits per heavy atom. The van der Waals surface area contributed by atoms with Gasteiger partial charge in [0.05, 0.1) is 11.4 Å². The van der Waals surface area contributed by atoms with Gasteiger partial charge in [-0.15, -0.1) is 10.2 Å². The van der Waals surface area contributed by atoms with Crippen LogP contribution in [0.4, 0.5) is 5.95 Å². The SMILES string of the molecule is Cc1noc(C)c1CSc1nnc(N2CCCCC2)n1-c1ccccc1. The number of benzene rings is 1. The van der Waals surface area contributed by atoms with Crippen LogP contribution >= 0.6 is 11.8 Å². The van der Waals surface area contributed by atoms with E-state index in [9.17, 15) is 0 Å². The lowest BCUT2D eigenvalue weighted by atomic mass is 10.1. The Morgan fingerprint density at radius 2 is 1.81 bits per heavy atom. The molecule has 0 N–H and O–H groups in total. The molecule has 136 valence electrons. The summed E-state index contributed by atoms with van der Waals surface area (Å²) in [5.74, 6) is 2.58. The fourth-order valence-electron chi connectivity index (χ4n) is 3.30. The van der Waals surface area contributed by atoms with Crippen LogP contribution in [0.15, 0.2) is 40.0 Å². The summed E-state index contributed by atoms with van der Waals surface area (Å²) in [4.78, 5) is 2.35. The predicted octanol–water partition coefficient (Wildman–Crippen LogP) is 4.15. The molecule has 0 bridgehead atoms. The summed E-state index contributed by atoms with van der Waals surface area (Å²) in [6.45, 7) is 6.02. The molecule has 0 atom stereocenters. The van der Waals surface area contributed by atoms with E-state index in [1.807, 2.05) is 19.9 Å². The number of hydrogen-bond acceptors (Lipinski definition) is 6. The highest BCUT2D eigenvalue weighted by molar-refractivity contribution is 7.98. The van der Waals surface area contributed by atoms with E-state index in [2.05, 4.69) is 49.1 Å². The third-order valence-corrected chi connectivity index (χ3v) is 5.75. The molecule has 1 aromatic carbocycles. The molecule has 1 aliphatic rings. The summed E-state index contributed by atoms with van der Waals surface area (Å²) in [5.41, 5.74) is 3.17. The van der Waals surface area contributed by atoms with Gasteiger partial charge in [0.2, 0.25) is 5.95 Å². The van der Waals surface area contributed by atoms with Crippen LogP contribution in [0.1, 0.15) is 36.3 Å². The van der Waals surface area contributed by atoms with Gasteiger partial charge in [-0.25, -0.2) is 0 Å². The van der Waals surface area contributed by atoms with Gasteiger partial charge in [-0.1, -0.05) is 35.1 Å². The van der Waals surface area contributed by atoms with E-state index < -0.39 is 0 Å². The highest BCUT2D eigenvalue weighted by Crippen LogP contribution is 2.31. The van der Waals surface area contributed by atoms with Crippen molar-refractivity contribution in [3.8, 4) is 5.69 Å². The lowest BCUT2D eigenvalue weighted by Crippen LogP contribution is -2.31. The number of thioether (sulfide) groups is 1. The number of para-hydroxylation sites is 1. The van der Waals surface area contributed by atoms with Gasteiger partial charge in [-0.05, 0) is 45.2 Å². The van der Waals surface area contributed by atoms with Crippen LogP contribution < -0.4 is 4.90 Å². The van der Waals surface area contributed by atoms with Crippen LogP contribution in [0.3, 0.4) is 0 Å². The van der Waals surface area contributed by atoms with Crippen molar-refractivity contribution in [3.05, 3.63) is 47.3 Å². The number of aromatic nitrogens is 4. The Bertz CT molecular complexity index is 848. The van der Waals surface area contributed by atoms with Gasteiger partial charge in [0, 0.05) is 24.4 Å². The quantitative estimate of drug-likeness (QED) is 0.630. The molecule has 0 unspecified atom stereocenters. The molecule has 0 amide bonds. The minimum Gasteiger partial charge on any atom is -0.361 e. The van der Waals surface area contributed by atoms with Crippen LogP contribution in [-0.4, -0.2) is 33.0 Å². The molecule has 3 heterocycles. The average Bonchev–Trinajstić information content (AvgIpc) is 3.25. The molecule has 0 spiro atoms. The van der Waals surface area contributed by atoms with Gasteiger partial charge in [0.25, 0.3) is 0 Å². The Morgan fingerprint density at radius 3 is 2.50 bits per heavy atom. The Kier molecular flexibility index (Phi) is 4.97. The van der Waals surface area contributed by atoms with Crippen LogP contribution in [0.25, 0.3) is 5.69 Å². The number of nitrogens with zero attached hydrogens (tertiary/aromatic N) is 5. The zero-order chi connectivity index (χ0) is 17.9. The van der Waals surface area contributed by atoms with Gasteiger partial charge in [-0.2, -0.15) is 0 Å². The lowest BCUT2D eigenvalue weighted by molar-refractivity contribution is 0.392. The van der Waals surface area contributed by atoms with E-state index in [1.165, 1.54) is 19.3 Å². The fourth-order valence-corrected chi connectivity index (χ4v) is 4.40. The first-order valence-electron chi connectivity index (χ1n) is 9.04. The third-order valence-electron chi connectivity index (χ3n) is 4.80. The van der Waals surface area contributed by atoms with Gasteiger partial charge in [0.15, 0.2) is 5.16 Å². The Labute approximate surface area is 157 Å². The molecule has 3 aromatic rings. The van der Waals surface area contributed by atoms with Gasteiger partial charge < -0.3 is 9.42 Å². The highest BCUT2D eigenvalue weighted by atomic mass is 32.2. The fraction of sp³-hybridized carbons (Fsp3) is 0.421. The maximum atomic E-state index is 5.28. The van der Waals surface area contributed by atoms with Crippen molar-refractivity contribution >= 4 is 17.7 Å². The molecule has 4 rings (SSSR count). The molecule has 0 radical (unpaired) electrons. The molecule has 1 saturated heterocycles. The minimum absolute atomic E-state index is 0.770. The Hall–Kier alpha value is -2.28. The normalized spacial score (nSPS) is 14.8. The average molecular weight is 369 g/mol. The van der Waals surface area contributed by atoms with E-state index in [-0.39, 0.29) is 0 Å². The smallest absolute Gasteiger partial charge is 0.232 e. The second-order valence-corrected chi connectivity index (χ2v) is 7.54. The van der Waals surface area contributed by atoms with Crippen molar-refractivity contribution in [2.75, 3.05) is 18.0 Å². The predicted molar refractivity (Wildman–Crippen MR) is 103 cm³/mol. The highest BCUT2D eigenvalue weighted by Gasteiger charge is 2.22. The molecule has 1 fully saturated rings. The number of piperidine rings is 1. The second-order valence-electron chi connectivity index (χ2n) is 6.59. The third kappa shape index (κ3) is 3.35. The lowest BCUT2D eigenvalue weighted by Gasteiger charge is -2.27. The standard InChI is InChI=1S/C19H23N5OS/c1-14-17(15(2)25-22-14)13-26-19-21-20-18(23-11-7-4-8-12-23)24(19)16-9-5-3-6-10-16/h3,5-6,9-10H,4,7-8,11-13H2,1-2H3. The summed E-state index contributed by atoms with van der Waals surface area (Å²) >= 11 is 1.68.